The van der Waals surface area contributed by atoms with Gasteiger partial charge in [0.25, 0.3) is 0 Å². The maximum atomic E-state index is 10.6. The van der Waals surface area contributed by atoms with Gasteiger partial charge in [-0.15, -0.1) is 0 Å². The fraction of sp³-hybridized carbons (Fsp3) is 0.647. The summed E-state index contributed by atoms with van der Waals surface area (Å²) in [4.78, 5) is 0. The van der Waals surface area contributed by atoms with E-state index in [2.05, 4.69) is 0 Å². The summed E-state index contributed by atoms with van der Waals surface area (Å²) in [6.07, 6.45) is 7.08. The average Bonchev–Trinajstić information content (AvgIpc) is 2.91. The molecule has 1 aliphatic carbocycles. The summed E-state index contributed by atoms with van der Waals surface area (Å²) >= 11 is 12.0. The Balaban J connectivity index is 1.64. The van der Waals surface area contributed by atoms with E-state index in [1.807, 2.05) is 12.1 Å². The number of ether oxygens (including phenoxy) is 1. The van der Waals surface area contributed by atoms with Crippen molar-refractivity contribution in [1.82, 2.24) is 0 Å². The number of aliphatic hydroxyl groups is 1. The quantitative estimate of drug-likeness (QED) is 0.876. The molecule has 2 nitrogen and oxygen atoms in total. The molecule has 0 radical (unpaired) electrons. The minimum Gasteiger partial charge on any atom is -0.392 e. The molecule has 1 N–H and O–H groups in total. The van der Waals surface area contributed by atoms with E-state index in [1.54, 1.807) is 6.07 Å². The largest absolute Gasteiger partial charge is 0.392 e. The molecule has 1 heterocycles. The molecule has 2 fully saturated rings. The summed E-state index contributed by atoms with van der Waals surface area (Å²) in [5.74, 6) is 0.325. The third-order valence-electron chi connectivity index (χ3n) is 5.02. The van der Waals surface area contributed by atoms with Gasteiger partial charge in [-0.25, -0.2) is 0 Å². The molecular weight excluding hydrogens is 307 g/mol. The van der Waals surface area contributed by atoms with Crippen LogP contribution in [0.1, 0.15) is 44.1 Å². The highest BCUT2D eigenvalue weighted by molar-refractivity contribution is 6.42. The van der Waals surface area contributed by atoms with Gasteiger partial charge < -0.3 is 9.84 Å². The lowest BCUT2D eigenvalue weighted by Gasteiger charge is -2.40. The topological polar surface area (TPSA) is 29.5 Å². The highest BCUT2D eigenvalue weighted by atomic mass is 35.5. The summed E-state index contributed by atoms with van der Waals surface area (Å²) in [6, 6.07) is 5.61. The lowest BCUT2D eigenvalue weighted by molar-refractivity contribution is -0.112. The Kier molecular flexibility index (Phi) is 4.80. The first-order valence-corrected chi connectivity index (χ1v) is 8.60. The number of halogens is 2. The normalized spacial score (nSPS) is 26.1. The molecule has 3 rings (SSSR count). The second kappa shape index (κ2) is 6.45. The Morgan fingerprint density at radius 3 is 2.71 bits per heavy atom. The van der Waals surface area contributed by atoms with E-state index in [0.29, 0.717) is 22.4 Å². The summed E-state index contributed by atoms with van der Waals surface area (Å²) in [5, 5.41) is 11.7. The summed E-state index contributed by atoms with van der Waals surface area (Å²) in [5.41, 5.74) is 1.10. The van der Waals surface area contributed by atoms with Crippen molar-refractivity contribution in [3.05, 3.63) is 33.8 Å². The van der Waals surface area contributed by atoms with Crippen LogP contribution in [0, 0.1) is 5.92 Å². The summed E-state index contributed by atoms with van der Waals surface area (Å²) in [6.45, 7) is 0.781. The van der Waals surface area contributed by atoms with Gasteiger partial charge in [-0.05, 0) is 55.7 Å². The Morgan fingerprint density at radius 2 is 2.00 bits per heavy atom. The molecule has 1 spiro atoms. The zero-order valence-electron chi connectivity index (χ0n) is 12.2. The molecular formula is C17H22Cl2O2. The Hall–Kier alpha value is -0.280. The van der Waals surface area contributed by atoms with Crippen molar-refractivity contribution in [2.45, 2.75) is 56.7 Å². The number of hydrogen-bond donors (Lipinski definition) is 1. The van der Waals surface area contributed by atoms with E-state index in [9.17, 15) is 5.11 Å². The molecule has 2 unspecified atom stereocenters. The van der Waals surface area contributed by atoms with Gasteiger partial charge in [-0.3, -0.25) is 0 Å². The number of rotatable bonds is 3. The molecule has 4 heteroatoms. The minimum atomic E-state index is -0.330. The fourth-order valence-corrected chi connectivity index (χ4v) is 4.16. The molecule has 1 aliphatic heterocycles. The van der Waals surface area contributed by atoms with Gasteiger partial charge in [0.15, 0.2) is 0 Å². The Bertz CT molecular complexity index is 498. The zero-order valence-corrected chi connectivity index (χ0v) is 13.7. The van der Waals surface area contributed by atoms with Crippen LogP contribution in [0.2, 0.25) is 10.0 Å². The van der Waals surface area contributed by atoms with Crippen molar-refractivity contribution >= 4 is 23.2 Å². The summed E-state index contributed by atoms with van der Waals surface area (Å²) < 4.78 is 6.04. The highest BCUT2D eigenvalue weighted by Gasteiger charge is 2.41. The molecule has 116 valence electrons. The lowest BCUT2D eigenvalue weighted by atomic mass is 9.80. The highest BCUT2D eigenvalue weighted by Crippen LogP contribution is 2.43. The van der Waals surface area contributed by atoms with Crippen molar-refractivity contribution in [2.75, 3.05) is 6.61 Å². The van der Waals surface area contributed by atoms with Crippen LogP contribution >= 0.6 is 23.2 Å². The number of benzene rings is 1. The second-order valence-electron chi connectivity index (χ2n) is 6.51. The van der Waals surface area contributed by atoms with E-state index in [0.717, 1.165) is 37.9 Å². The van der Waals surface area contributed by atoms with Crippen LogP contribution < -0.4 is 0 Å². The molecule has 0 aromatic heterocycles. The standard InChI is InChI=1S/C17H22Cl2O2/c18-14-4-3-12(9-15(14)19)10-16(20)13-5-8-21-17(11-13)6-1-2-7-17/h3-4,9,13,16,20H,1-2,5-8,10-11H2. The van der Waals surface area contributed by atoms with E-state index < -0.39 is 0 Å². The third-order valence-corrected chi connectivity index (χ3v) is 5.76. The molecule has 1 saturated heterocycles. The fourth-order valence-electron chi connectivity index (χ4n) is 3.84. The van der Waals surface area contributed by atoms with Gasteiger partial charge in [-0.2, -0.15) is 0 Å². The van der Waals surface area contributed by atoms with Crippen LogP contribution in [0.3, 0.4) is 0 Å². The first kappa shape index (κ1) is 15.6. The zero-order chi connectivity index (χ0) is 14.9. The van der Waals surface area contributed by atoms with Crippen LogP contribution in [-0.4, -0.2) is 23.4 Å². The van der Waals surface area contributed by atoms with E-state index in [-0.39, 0.29) is 11.7 Å². The maximum absolute atomic E-state index is 10.6. The Labute approximate surface area is 136 Å². The van der Waals surface area contributed by atoms with Crippen molar-refractivity contribution in [1.29, 1.82) is 0 Å². The van der Waals surface area contributed by atoms with Crippen LogP contribution in [0.25, 0.3) is 0 Å². The number of hydrogen-bond acceptors (Lipinski definition) is 2. The Morgan fingerprint density at radius 1 is 1.24 bits per heavy atom. The number of aliphatic hydroxyl groups excluding tert-OH is 1. The first-order valence-electron chi connectivity index (χ1n) is 7.84. The van der Waals surface area contributed by atoms with Crippen LogP contribution in [0.5, 0.6) is 0 Å². The van der Waals surface area contributed by atoms with Gasteiger partial charge in [0.2, 0.25) is 0 Å². The summed E-state index contributed by atoms with van der Waals surface area (Å²) in [7, 11) is 0. The monoisotopic (exact) mass is 328 g/mol. The predicted octanol–water partition coefficient (Wildman–Crippen LogP) is 4.64. The van der Waals surface area contributed by atoms with Crippen LogP contribution in [0.15, 0.2) is 18.2 Å². The molecule has 2 aliphatic rings. The third kappa shape index (κ3) is 3.56. The second-order valence-corrected chi connectivity index (χ2v) is 7.33. The van der Waals surface area contributed by atoms with E-state index >= 15 is 0 Å². The van der Waals surface area contributed by atoms with Gasteiger partial charge in [0.1, 0.15) is 0 Å². The van der Waals surface area contributed by atoms with Crippen molar-refractivity contribution in [3.63, 3.8) is 0 Å². The van der Waals surface area contributed by atoms with Crippen molar-refractivity contribution in [3.8, 4) is 0 Å². The van der Waals surface area contributed by atoms with Crippen LogP contribution in [0.4, 0.5) is 0 Å². The first-order chi connectivity index (χ1) is 10.1. The van der Waals surface area contributed by atoms with Gasteiger partial charge >= 0.3 is 0 Å². The van der Waals surface area contributed by atoms with Gasteiger partial charge in [-0.1, -0.05) is 42.1 Å². The minimum absolute atomic E-state index is 0.0571. The maximum Gasteiger partial charge on any atom is 0.0686 e. The predicted molar refractivity (Wildman–Crippen MR) is 86.0 cm³/mol. The molecule has 1 saturated carbocycles. The van der Waals surface area contributed by atoms with Gasteiger partial charge in [0, 0.05) is 6.61 Å². The molecule has 21 heavy (non-hydrogen) atoms. The molecule has 0 amide bonds. The van der Waals surface area contributed by atoms with Crippen molar-refractivity contribution in [2.24, 2.45) is 5.92 Å². The SMILES string of the molecule is OC(Cc1ccc(Cl)c(Cl)c1)C1CCOC2(CCCC2)C1. The van der Waals surface area contributed by atoms with E-state index in [4.69, 9.17) is 27.9 Å². The van der Waals surface area contributed by atoms with E-state index in [1.165, 1.54) is 12.8 Å². The van der Waals surface area contributed by atoms with Crippen molar-refractivity contribution < 1.29 is 9.84 Å². The molecule has 1 aromatic rings. The van der Waals surface area contributed by atoms with Crippen LogP contribution in [-0.2, 0) is 11.2 Å². The lowest BCUT2D eigenvalue weighted by Crippen LogP contribution is -2.41. The molecule has 2 atom stereocenters. The molecule has 1 aromatic carbocycles. The average molecular weight is 329 g/mol. The smallest absolute Gasteiger partial charge is 0.0686 e. The van der Waals surface area contributed by atoms with Gasteiger partial charge in [0.05, 0.1) is 21.8 Å². The molecule has 0 bridgehead atoms.